The number of rotatable bonds is 3. The molecule has 18 heavy (non-hydrogen) atoms. The van der Waals surface area contributed by atoms with Crippen molar-refractivity contribution in [1.29, 1.82) is 0 Å². The van der Waals surface area contributed by atoms with E-state index >= 15 is 0 Å². The molecule has 1 aromatic heterocycles. The van der Waals surface area contributed by atoms with E-state index in [2.05, 4.69) is 0 Å². The predicted molar refractivity (Wildman–Crippen MR) is 66.3 cm³/mol. The van der Waals surface area contributed by atoms with Crippen LogP contribution in [0.4, 0.5) is 4.39 Å². The Morgan fingerprint density at radius 2 is 2.11 bits per heavy atom. The number of hydrogen-bond acceptors (Lipinski definition) is 3. The van der Waals surface area contributed by atoms with Crippen molar-refractivity contribution in [2.24, 2.45) is 0 Å². The third-order valence-corrected chi connectivity index (χ3v) is 3.67. The first kappa shape index (κ1) is 12.5. The molecule has 2 rings (SSSR count). The molecule has 0 atom stereocenters. The second-order valence-corrected chi connectivity index (χ2v) is 4.70. The van der Waals surface area contributed by atoms with Crippen LogP contribution in [0.2, 0.25) is 0 Å². The van der Waals surface area contributed by atoms with E-state index in [9.17, 15) is 14.0 Å². The van der Waals surface area contributed by atoms with Crippen LogP contribution in [0.1, 0.15) is 5.69 Å². The Morgan fingerprint density at radius 3 is 2.72 bits per heavy atom. The summed E-state index contributed by atoms with van der Waals surface area (Å²) in [4.78, 5) is 22.4. The van der Waals surface area contributed by atoms with Gasteiger partial charge in [-0.15, -0.1) is 0 Å². The molecule has 2 aromatic rings. The van der Waals surface area contributed by atoms with Gasteiger partial charge in [0.25, 0.3) is 0 Å². The number of carboxylic acids is 1. The number of nitrogens with zero attached hydrogens (tertiary/aromatic N) is 1. The predicted octanol–water partition coefficient (Wildman–Crippen LogP) is 2.11. The van der Waals surface area contributed by atoms with Crippen molar-refractivity contribution >= 4 is 17.3 Å². The fraction of sp³-hybridized carbons (Fsp3) is 0.167. The van der Waals surface area contributed by atoms with E-state index in [4.69, 9.17) is 5.11 Å². The molecule has 94 valence electrons. The molecule has 0 unspecified atom stereocenters. The first-order valence-electron chi connectivity index (χ1n) is 5.17. The molecular formula is C12H10FNO3S. The summed E-state index contributed by atoms with van der Waals surface area (Å²) >= 11 is 0.854. The van der Waals surface area contributed by atoms with Gasteiger partial charge in [0.05, 0.1) is 4.88 Å². The topological polar surface area (TPSA) is 59.3 Å². The molecule has 6 heteroatoms. The molecule has 0 bridgehead atoms. The maximum atomic E-state index is 13.6. The van der Waals surface area contributed by atoms with Crippen LogP contribution in [-0.4, -0.2) is 15.6 Å². The Morgan fingerprint density at radius 1 is 1.44 bits per heavy atom. The summed E-state index contributed by atoms with van der Waals surface area (Å²) in [6.45, 7) is 1.21. The van der Waals surface area contributed by atoms with E-state index in [1.165, 1.54) is 6.07 Å². The maximum absolute atomic E-state index is 13.6. The Labute approximate surface area is 106 Å². The van der Waals surface area contributed by atoms with Gasteiger partial charge in [-0.25, -0.2) is 4.39 Å². The first-order chi connectivity index (χ1) is 8.50. The van der Waals surface area contributed by atoms with Gasteiger partial charge in [0.15, 0.2) is 0 Å². The molecule has 1 heterocycles. The lowest BCUT2D eigenvalue weighted by Gasteiger charge is -2.03. The highest BCUT2D eigenvalue weighted by Gasteiger charge is 2.16. The lowest BCUT2D eigenvalue weighted by molar-refractivity contribution is -0.137. The first-order valence-corrected chi connectivity index (χ1v) is 5.99. The Balaban J connectivity index is 2.58. The number of aromatic nitrogens is 1. The summed E-state index contributed by atoms with van der Waals surface area (Å²) in [6.07, 6.45) is 0. The van der Waals surface area contributed by atoms with Gasteiger partial charge >= 0.3 is 10.8 Å². The quantitative estimate of drug-likeness (QED) is 0.926. The normalized spacial score (nSPS) is 10.6. The zero-order valence-corrected chi connectivity index (χ0v) is 10.3. The summed E-state index contributed by atoms with van der Waals surface area (Å²) in [5, 5.41) is 8.72. The molecule has 0 saturated heterocycles. The molecule has 1 aromatic carbocycles. The number of thiazole rings is 1. The highest BCUT2D eigenvalue weighted by atomic mass is 32.1. The molecule has 0 aliphatic carbocycles. The highest BCUT2D eigenvalue weighted by Crippen LogP contribution is 2.28. The number of aliphatic carboxylic acids is 1. The highest BCUT2D eigenvalue weighted by molar-refractivity contribution is 7.13. The number of carboxylic acid groups (broad SMARTS) is 1. The van der Waals surface area contributed by atoms with Crippen molar-refractivity contribution in [1.82, 2.24) is 4.57 Å². The minimum absolute atomic E-state index is 0.321. The minimum atomic E-state index is -1.10. The van der Waals surface area contributed by atoms with Gasteiger partial charge in [-0.2, -0.15) is 0 Å². The smallest absolute Gasteiger partial charge is 0.323 e. The van der Waals surface area contributed by atoms with Crippen LogP contribution in [0.5, 0.6) is 0 Å². The van der Waals surface area contributed by atoms with E-state index in [-0.39, 0.29) is 0 Å². The SMILES string of the molecule is Cc1c(-c2ccccc2F)sc(=O)n1CC(=O)O. The van der Waals surface area contributed by atoms with Crippen molar-refractivity contribution < 1.29 is 14.3 Å². The van der Waals surface area contributed by atoms with Gasteiger partial charge in [0.2, 0.25) is 0 Å². The lowest BCUT2D eigenvalue weighted by atomic mass is 10.1. The Bertz CT molecular complexity index is 660. The minimum Gasteiger partial charge on any atom is -0.480 e. The van der Waals surface area contributed by atoms with Gasteiger partial charge in [0.1, 0.15) is 12.4 Å². The van der Waals surface area contributed by atoms with Crippen LogP contribution in [0.15, 0.2) is 29.1 Å². The van der Waals surface area contributed by atoms with E-state index in [1.54, 1.807) is 25.1 Å². The van der Waals surface area contributed by atoms with E-state index in [0.29, 0.717) is 16.1 Å². The molecule has 0 aliphatic heterocycles. The van der Waals surface area contributed by atoms with Crippen molar-refractivity contribution in [2.45, 2.75) is 13.5 Å². The van der Waals surface area contributed by atoms with Crippen molar-refractivity contribution in [2.75, 3.05) is 0 Å². The average molecular weight is 267 g/mol. The molecule has 0 spiro atoms. The van der Waals surface area contributed by atoms with Crippen LogP contribution in [0, 0.1) is 12.7 Å². The second kappa shape index (κ2) is 4.73. The standard InChI is InChI=1S/C12H10FNO3S/c1-7-11(8-4-2-3-5-9(8)13)18-12(17)14(7)6-10(15)16/h2-5H,6H2,1H3,(H,15,16). The zero-order chi connectivity index (χ0) is 13.3. The molecule has 0 saturated carbocycles. The van der Waals surface area contributed by atoms with Crippen LogP contribution in [-0.2, 0) is 11.3 Å². The molecule has 4 nitrogen and oxygen atoms in total. The number of carbonyl (C=O) groups is 1. The van der Waals surface area contributed by atoms with Crippen LogP contribution in [0.25, 0.3) is 10.4 Å². The van der Waals surface area contributed by atoms with Gasteiger partial charge in [-0.3, -0.25) is 14.2 Å². The van der Waals surface area contributed by atoms with E-state index in [1.807, 2.05) is 0 Å². The summed E-state index contributed by atoms with van der Waals surface area (Å²) in [5.41, 5.74) is 0.790. The van der Waals surface area contributed by atoms with Gasteiger partial charge in [-0.05, 0) is 13.0 Å². The monoisotopic (exact) mass is 267 g/mol. The van der Waals surface area contributed by atoms with Crippen LogP contribution in [0.3, 0.4) is 0 Å². The lowest BCUT2D eigenvalue weighted by Crippen LogP contribution is -2.19. The molecular weight excluding hydrogens is 257 g/mol. The summed E-state index contributed by atoms with van der Waals surface area (Å²) < 4.78 is 14.8. The maximum Gasteiger partial charge on any atom is 0.323 e. The van der Waals surface area contributed by atoms with Crippen molar-refractivity contribution in [3.63, 3.8) is 0 Å². The molecule has 0 radical (unpaired) electrons. The number of hydrogen-bond donors (Lipinski definition) is 1. The van der Waals surface area contributed by atoms with Gasteiger partial charge < -0.3 is 5.11 Å². The number of halogens is 1. The fourth-order valence-electron chi connectivity index (χ4n) is 1.69. The number of benzene rings is 1. The Kier molecular flexibility index (Phi) is 3.29. The third-order valence-electron chi connectivity index (χ3n) is 2.56. The van der Waals surface area contributed by atoms with E-state index < -0.39 is 23.2 Å². The van der Waals surface area contributed by atoms with Crippen LogP contribution >= 0.6 is 11.3 Å². The molecule has 0 aliphatic rings. The second-order valence-electron chi connectivity index (χ2n) is 3.74. The van der Waals surface area contributed by atoms with Crippen molar-refractivity contribution in [3.8, 4) is 10.4 Å². The average Bonchev–Trinajstić information content (AvgIpc) is 2.57. The third kappa shape index (κ3) is 2.19. The van der Waals surface area contributed by atoms with E-state index in [0.717, 1.165) is 15.9 Å². The summed E-state index contributed by atoms with van der Waals surface area (Å²) in [6, 6.07) is 6.11. The van der Waals surface area contributed by atoms with Gasteiger partial charge in [-0.1, -0.05) is 29.5 Å². The largest absolute Gasteiger partial charge is 0.480 e. The molecule has 0 amide bonds. The molecule has 1 N–H and O–H groups in total. The zero-order valence-electron chi connectivity index (χ0n) is 9.51. The van der Waals surface area contributed by atoms with Crippen molar-refractivity contribution in [3.05, 3.63) is 45.4 Å². The summed E-state index contributed by atoms with van der Waals surface area (Å²) in [5.74, 6) is -1.53. The van der Waals surface area contributed by atoms with Gasteiger partial charge in [0, 0.05) is 11.3 Å². The van der Waals surface area contributed by atoms with Crippen LogP contribution < -0.4 is 4.87 Å². The Hall–Kier alpha value is -1.95. The summed E-state index contributed by atoms with van der Waals surface area (Å²) in [7, 11) is 0. The molecule has 0 fully saturated rings. The fourth-order valence-corrected chi connectivity index (χ4v) is 2.71.